The molecule has 2 unspecified atom stereocenters. The minimum absolute atomic E-state index is 0.00708. The molecule has 16 heavy (non-hydrogen) atoms. The first-order chi connectivity index (χ1) is 7.43. The van der Waals surface area contributed by atoms with E-state index in [2.05, 4.69) is 13.8 Å². The van der Waals surface area contributed by atoms with E-state index in [9.17, 15) is 4.79 Å². The van der Waals surface area contributed by atoms with Gasteiger partial charge in [-0.15, -0.1) is 0 Å². The molecule has 2 fully saturated rings. The van der Waals surface area contributed by atoms with Crippen molar-refractivity contribution in [2.45, 2.75) is 45.6 Å². The smallest absolute Gasteiger partial charge is 0.226 e. The van der Waals surface area contributed by atoms with E-state index in [-0.39, 0.29) is 23.3 Å². The Morgan fingerprint density at radius 3 is 2.56 bits per heavy atom. The lowest BCUT2D eigenvalue weighted by Gasteiger charge is -2.35. The van der Waals surface area contributed by atoms with Crippen LogP contribution in [0.2, 0.25) is 0 Å². The third-order valence-corrected chi connectivity index (χ3v) is 4.20. The van der Waals surface area contributed by atoms with Gasteiger partial charge in [-0.2, -0.15) is 0 Å². The second kappa shape index (κ2) is 3.99. The van der Waals surface area contributed by atoms with Crippen molar-refractivity contribution in [3.63, 3.8) is 0 Å². The van der Waals surface area contributed by atoms with Crippen LogP contribution in [0.4, 0.5) is 0 Å². The molecule has 2 rings (SSSR count). The summed E-state index contributed by atoms with van der Waals surface area (Å²) in [6.07, 6.45) is 4.15. The van der Waals surface area contributed by atoms with E-state index in [1.54, 1.807) is 0 Å². The summed E-state index contributed by atoms with van der Waals surface area (Å²) in [5.41, 5.74) is 5.91. The number of likely N-dealkylation sites (tertiary alicyclic amines) is 1. The molecule has 0 radical (unpaired) electrons. The molecule has 0 aromatic carbocycles. The first kappa shape index (κ1) is 11.8. The van der Waals surface area contributed by atoms with Crippen LogP contribution in [0.3, 0.4) is 0 Å². The molecule has 1 aliphatic carbocycles. The summed E-state index contributed by atoms with van der Waals surface area (Å²) in [5, 5.41) is 0. The van der Waals surface area contributed by atoms with Crippen molar-refractivity contribution < 1.29 is 4.79 Å². The third kappa shape index (κ3) is 2.08. The van der Waals surface area contributed by atoms with Crippen molar-refractivity contribution >= 4 is 23.1 Å². The maximum atomic E-state index is 12.3. The molecule has 3 nitrogen and oxygen atoms in total. The largest absolute Gasteiger partial charge is 0.392 e. The SMILES string of the molecule is CC1(C)CC1C(=O)N1CCCCC1C(N)=S. The summed E-state index contributed by atoms with van der Waals surface area (Å²) >= 11 is 5.06. The Hall–Kier alpha value is -0.640. The van der Waals surface area contributed by atoms with E-state index in [0.717, 1.165) is 32.2 Å². The number of rotatable bonds is 2. The third-order valence-electron chi connectivity index (χ3n) is 3.93. The number of nitrogens with zero attached hydrogens (tertiary/aromatic N) is 1. The Morgan fingerprint density at radius 2 is 2.06 bits per heavy atom. The summed E-state index contributed by atoms with van der Waals surface area (Å²) in [6.45, 7) is 5.12. The molecular weight excluding hydrogens is 220 g/mol. The molecule has 4 heteroatoms. The first-order valence-electron chi connectivity index (χ1n) is 6.03. The molecule has 0 aromatic heterocycles. The Labute approximate surface area is 102 Å². The Balaban J connectivity index is 2.06. The summed E-state index contributed by atoms with van der Waals surface area (Å²) in [7, 11) is 0. The van der Waals surface area contributed by atoms with Gasteiger partial charge in [0, 0.05) is 12.5 Å². The zero-order valence-electron chi connectivity index (χ0n) is 10.0. The van der Waals surface area contributed by atoms with Gasteiger partial charge < -0.3 is 10.6 Å². The van der Waals surface area contributed by atoms with Gasteiger partial charge >= 0.3 is 0 Å². The van der Waals surface area contributed by atoms with Crippen molar-refractivity contribution in [1.82, 2.24) is 4.90 Å². The second-order valence-corrected chi connectivity index (χ2v) is 6.16. The topological polar surface area (TPSA) is 46.3 Å². The molecule has 2 atom stereocenters. The Bertz CT molecular complexity index is 327. The number of hydrogen-bond acceptors (Lipinski definition) is 2. The zero-order valence-corrected chi connectivity index (χ0v) is 10.8. The van der Waals surface area contributed by atoms with E-state index in [1.807, 2.05) is 4.90 Å². The van der Waals surface area contributed by atoms with Gasteiger partial charge in [0.05, 0.1) is 11.0 Å². The number of carbonyl (C=O) groups excluding carboxylic acids is 1. The Kier molecular flexibility index (Phi) is 2.95. The Morgan fingerprint density at radius 1 is 1.44 bits per heavy atom. The number of amides is 1. The molecule has 0 aromatic rings. The van der Waals surface area contributed by atoms with Crippen LogP contribution in [0.25, 0.3) is 0 Å². The predicted molar refractivity (Wildman–Crippen MR) is 68.0 cm³/mol. The fraction of sp³-hybridized carbons (Fsp3) is 0.833. The fourth-order valence-corrected chi connectivity index (χ4v) is 2.83. The lowest BCUT2D eigenvalue weighted by atomic mass is 10.0. The molecule has 90 valence electrons. The molecule has 1 aliphatic heterocycles. The van der Waals surface area contributed by atoms with Gasteiger partial charge in [0.15, 0.2) is 0 Å². The predicted octanol–water partition coefficient (Wildman–Crippen LogP) is 1.70. The summed E-state index contributed by atoms with van der Waals surface area (Å²) in [5.74, 6) is 0.463. The molecule has 1 saturated heterocycles. The monoisotopic (exact) mass is 240 g/mol. The lowest BCUT2D eigenvalue weighted by molar-refractivity contribution is -0.135. The maximum Gasteiger partial charge on any atom is 0.226 e. The minimum atomic E-state index is 0.00708. The van der Waals surface area contributed by atoms with E-state index in [0.29, 0.717) is 4.99 Å². The fourth-order valence-electron chi connectivity index (χ4n) is 2.58. The molecule has 2 aliphatic rings. The second-order valence-electron chi connectivity index (χ2n) is 5.69. The maximum absolute atomic E-state index is 12.3. The van der Waals surface area contributed by atoms with Gasteiger partial charge in [-0.25, -0.2) is 0 Å². The molecule has 1 amide bonds. The summed E-state index contributed by atoms with van der Waals surface area (Å²) < 4.78 is 0. The number of hydrogen-bond donors (Lipinski definition) is 1. The standard InChI is InChI=1S/C12H20N2OS/c1-12(2)7-8(12)11(15)14-6-4-3-5-9(14)10(13)16/h8-9H,3-7H2,1-2H3,(H2,13,16). The van der Waals surface area contributed by atoms with Gasteiger partial charge in [-0.3, -0.25) is 4.79 Å². The number of thiocarbonyl (C=S) groups is 1. The van der Waals surface area contributed by atoms with Gasteiger partial charge in [-0.1, -0.05) is 26.1 Å². The molecular formula is C12H20N2OS. The van der Waals surface area contributed by atoms with Gasteiger partial charge in [0.1, 0.15) is 0 Å². The van der Waals surface area contributed by atoms with Gasteiger partial charge in [0.2, 0.25) is 5.91 Å². The number of carbonyl (C=O) groups is 1. The van der Waals surface area contributed by atoms with Crippen molar-refractivity contribution in [2.75, 3.05) is 6.54 Å². The van der Waals surface area contributed by atoms with Crippen LogP contribution in [-0.2, 0) is 4.79 Å². The minimum Gasteiger partial charge on any atom is -0.392 e. The first-order valence-corrected chi connectivity index (χ1v) is 6.44. The number of nitrogens with two attached hydrogens (primary N) is 1. The van der Waals surface area contributed by atoms with Crippen molar-refractivity contribution in [1.29, 1.82) is 0 Å². The molecule has 1 saturated carbocycles. The average Bonchev–Trinajstić information content (AvgIpc) is 2.86. The van der Waals surface area contributed by atoms with Crippen LogP contribution in [0, 0.1) is 11.3 Å². The molecule has 1 heterocycles. The quantitative estimate of drug-likeness (QED) is 0.747. The highest BCUT2D eigenvalue weighted by Crippen LogP contribution is 2.52. The van der Waals surface area contributed by atoms with Gasteiger partial charge in [-0.05, 0) is 31.1 Å². The molecule has 2 N–H and O–H groups in total. The van der Waals surface area contributed by atoms with Crippen molar-refractivity contribution in [3.05, 3.63) is 0 Å². The highest BCUT2D eigenvalue weighted by Gasteiger charge is 2.52. The van der Waals surface area contributed by atoms with Crippen LogP contribution < -0.4 is 5.73 Å². The number of piperidine rings is 1. The molecule has 0 bridgehead atoms. The van der Waals surface area contributed by atoms with Crippen molar-refractivity contribution in [3.8, 4) is 0 Å². The van der Waals surface area contributed by atoms with Crippen LogP contribution in [-0.4, -0.2) is 28.4 Å². The van der Waals surface area contributed by atoms with E-state index < -0.39 is 0 Å². The van der Waals surface area contributed by atoms with Crippen molar-refractivity contribution in [2.24, 2.45) is 17.1 Å². The van der Waals surface area contributed by atoms with E-state index >= 15 is 0 Å². The average molecular weight is 240 g/mol. The van der Waals surface area contributed by atoms with Crippen LogP contribution in [0.1, 0.15) is 39.5 Å². The van der Waals surface area contributed by atoms with E-state index in [4.69, 9.17) is 18.0 Å². The summed E-state index contributed by atoms with van der Waals surface area (Å²) in [4.78, 5) is 14.7. The lowest BCUT2D eigenvalue weighted by Crippen LogP contribution is -2.50. The molecule has 0 spiro atoms. The van der Waals surface area contributed by atoms with Crippen LogP contribution >= 0.6 is 12.2 Å². The van der Waals surface area contributed by atoms with Gasteiger partial charge in [0.25, 0.3) is 0 Å². The normalized spacial score (nSPS) is 32.2. The highest BCUT2D eigenvalue weighted by atomic mass is 32.1. The highest BCUT2D eigenvalue weighted by molar-refractivity contribution is 7.80. The zero-order chi connectivity index (χ0) is 11.9. The van der Waals surface area contributed by atoms with E-state index in [1.165, 1.54) is 0 Å². The summed E-state index contributed by atoms with van der Waals surface area (Å²) in [6, 6.07) is 0.00708. The van der Waals surface area contributed by atoms with Crippen LogP contribution in [0.5, 0.6) is 0 Å². The van der Waals surface area contributed by atoms with Crippen LogP contribution in [0.15, 0.2) is 0 Å².